The average molecular weight is 369 g/mol. The van der Waals surface area contributed by atoms with Crippen LogP contribution >= 0.6 is 27.7 Å². The fourth-order valence-corrected chi connectivity index (χ4v) is 3.58. The highest BCUT2D eigenvalue weighted by Crippen LogP contribution is 2.26. The maximum absolute atomic E-state index is 4.69. The minimum atomic E-state index is 0.909. The number of nitrogens with zero attached hydrogens (tertiary/aromatic N) is 1. The predicted octanol–water partition coefficient (Wildman–Crippen LogP) is 5.77. The monoisotopic (exact) mass is 368 g/mol. The number of halogens is 1. The molecule has 22 heavy (non-hydrogen) atoms. The van der Waals surface area contributed by atoms with Gasteiger partial charge in [0.05, 0.1) is 11.0 Å². The first-order valence-corrected chi connectivity index (χ1v) is 8.81. The minimum Gasteiger partial charge on any atom is -0.333 e. The van der Waals surface area contributed by atoms with Crippen molar-refractivity contribution in [2.24, 2.45) is 0 Å². The highest BCUT2D eigenvalue weighted by atomic mass is 79.9. The Labute approximate surface area is 141 Å². The summed E-state index contributed by atoms with van der Waals surface area (Å²) in [6, 6.07) is 21.1. The summed E-state index contributed by atoms with van der Waals surface area (Å²) in [5.41, 5.74) is 3.41. The minimum absolute atomic E-state index is 0.909. The fraction of sp³-hybridized carbons (Fsp3) is 0.0556. The zero-order valence-corrected chi connectivity index (χ0v) is 14.1. The van der Waals surface area contributed by atoms with Gasteiger partial charge in [0.15, 0.2) is 5.16 Å². The van der Waals surface area contributed by atoms with Gasteiger partial charge in [-0.15, -0.1) is 0 Å². The highest BCUT2D eigenvalue weighted by Gasteiger charge is 2.05. The van der Waals surface area contributed by atoms with E-state index in [4.69, 9.17) is 4.98 Å². The molecule has 0 saturated heterocycles. The predicted molar refractivity (Wildman–Crippen MR) is 97.3 cm³/mol. The molecule has 4 rings (SSSR count). The van der Waals surface area contributed by atoms with Crippen LogP contribution in [0.2, 0.25) is 0 Å². The first kappa shape index (κ1) is 13.9. The van der Waals surface area contributed by atoms with Gasteiger partial charge < -0.3 is 4.98 Å². The summed E-state index contributed by atoms with van der Waals surface area (Å²) in [7, 11) is 0. The Bertz CT molecular complexity index is 892. The number of imidazole rings is 1. The summed E-state index contributed by atoms with van der Waals surface area (Å²) in [5.74, 6) is 0.909. The van der Waals surface area contributed by atoms with E-state index in [2.05, 4.69) is 81.6 Å². The van der Waals surface area contributed by atoms with E-state index in [0.717, 1.165) is 26.4 Å². The fourth-order valence-electron chi connectivity index (χ4n) is 2.47. The molecule has 4 heteroatoms. The molecule has 0 aliphatic rings. The Hall–Kier alpha value is -1.78. The lowest BCUT2D eigenvalue weighted by Gasteiger charge is -1.99. The van der Waals surface area contributed by atoms with Crippen LogP contribution in [0.3, 0.4) is 0 Å². The molecule has 0 bridgehead atoms. The van der Waals surface area contributed by atoms with Gasteiger partial charge >= 0.3 is 0 Å². The SMILES string of the molecule is Brc1ccc(CSc2nc3cc4ccccc4cc3[nH]2)cc1. The highest BCUT2D eigenvalue weighted by molar-refractivity contribution is 9.10. The van der Waals surface area contributed by atoms with E-state index >= 15 is 0 Å². The Morgan fingerprint density at radius 2 is 1.68 bits per heavy atom. The van der Waals surface area contributed by atoms with E-state index in [0.29, 0.717) is 0 Å². The lowest BCUT2D eigenvalue weighted by molar-refractivity contribution is 1.08. The van der Waals surface area contributed by atoms with Gasteiger partial charge in [0.2, 0.25) is 0 Å². The third-order valence-corrected chi connectivity index (χ3v) is 5.09. The maximum Gasteiger partial charge on any atom is 0.166 e. The number of rotatable bonds is 3. The van der Waals surface area contributed by atoms with Gasteiger partial charge in [-0.3, -0.25) is 0 Å². The molecule has 0 amide bonds. The van der Waals surface area contributed by atoms with Crippen LogP contribution in [0.5, 0.6) is 0 Å². The average Bonchev–Trinajstić information content (AvgIpc) is 2.93. The third kappa shape index (κ3) is 2.76. The van der Waals surface area contributed by atoms with E-state index in [1.807, 2.05) is 0 Å². The molecule has 1 N–H and O–H groups in total. The smallest absolute Gasteiger partial charge is 0.166 e. The Morgan fingerprint density at radius 3 is 2.45 bits per heavy atom. The number of hydrogen-bond acceptors (Lipinski definition) is 2. The first-order valence-electron chi connectivity index (χ1n) is 7.04. The summed E-state index contributed by atoms with van der Waals surface area (Å²) < 4.78 is 1.11. The van der Waals surface area contributed by atoms with E-state index < -0.39 is 0 Å². The molecule has 108 valence electrons. The van der Waals surface area contributed by atoms with Crippen LogP contribution in [0, 0.1) is 0 Å². The molecule has 0 saturated carbocycles. The summed E-state index contributed by atoms with van der Waals surface area (Å²) in [4.78, 5) is 8.11. The molecule has 2 nitrogen and oxygen atoms in total. The van der Waals surface area contributed by atoms with Crippen molar-refractivity contribution in [3.8, 4) is 0 Å². The standard InChI is InChI=1S/C18H13BrN2S/c19-15-7-5-12(6-8-15)11-22-18-20-16-9-13-3-1-2-4-14(13)10-17(16)21-18/h1-10H,11H2,(H,20,21). The van der Waals surface area contributed by atoms with Crippen LogP contribution in [-0.2, 0) is 5.75 Å². The number of aromatic amines is 1. The normalized spacial score (nSPS) is 11.3. The van der Waals surface area contributed by atoms with Gasteiger partial charge in [0.25, 0.3) is 0 Å². The second-order valence-electron chi connectivity index (χ2n) is 5.17. The summed E-state index contributed by atoms with van der Waals surface area (Å²) in [5, 5.41) is 3.43. The van der Waals surface area contributed by atoms with Crippen LogP contribution < -0.4 is 0 Å². The number of benzene rings is 3. The Balaban J connectivity index is 1.61. The number of H-pyrrole nitrogens is 1. The van der Waals surface area contributed by atoms with Gasteiger partial charge in [-0.2, -0.15) is 0 Å². The molecule has 0 aliphatic heterocycles. The van der Waals surface area contributed by atoms with Crippen LogP contribution in [0.1, 0.15) is 5.56 Å². The lowest BCUT2D eigenvalue weighted by Crippen LogP contribution is -1.81. The quantitative estimate of drug-likeness (QED) is 0.465. The van der Waals surface area contributed by atoms with Gasteiger partial charge in [0.1, 0.15) is 0 Å². The van der Waals surface area contributed by atoms with E-state index in [-0.39, 0.29) is 0 Å². The van der Waals surface area contributed by atoms with Crippen molar-refractivity contribution >= 4 is 49.5 Å². The zero-order chi connectivity index (χ0) is 14.9. The molecular formula is C18H13BrN2S. The first-order chi connectivity index (χ1) is 10.8. The van der Waals surface area contributed by atoms with Crippen molar-refractivity contribution in [3.63, 3.8) is 0 Å². The molecule has 1 aromatic heterocycles. The largest absolute Gasteiger partial charge is 0.333 e. The van der Waals surface area contributed by atoms with Gasteiger partial charge in [-0.1, -0.05) is 64.1 Å². The second kappa shape index (κ2) is 5.78. The van der Waals surface area contributed by atoms with Crippen LogP contribution in [0.15, 0.2) is 70.3 Å². The molecular weight excluding hydrogens is 356 g/mol. The van der Waals surface area contributed by atoms with Crippen molar-refractivity contribution in [1.82, 2.24) is 9.97 Å². The van der Waals surface area contributed by atoms with E-state index in [1.54, 1.807) is 11.8 Å². The second-order valence-corrected chi connectivity index (χ2v) is 7.05. The Morgan fingerprint density at radius 1 is 0.955 bits per heavy atom. The summed E-state index contributed by atoms with van der Waals surface area (Å²) in [6.07, 6.45) is 0. The van der Waals surface area contributed by atoms with E-state index in [9.17, 15) is 0 Å². The molecule has 0 unspecified atom stereocenters. The van der Waals surface area contributed by atoms with E-state index in [1.165, 1.54) is 16.3 Å². The number of nitrogens with one attached hydrogen (secondary N) is 1. The summed E-state index contributed by atoms with van der Waals surface area (Å²) in [6.45, 7) is 0. The number of thioether (sulfide) groups is 1. The summed E-state index contributed by atoms with van der Waals surface area (Å²) >= 11 is 5.19. The number of hydrogen-bond donors (Lipinski definition) is 1. The number of aromatic nitrogens is 2. The molecule has 4 aromatic rings. The molecule has 1 heterocycles. The number of fused-ring (bicyclic) bond motifs is 2. The zero-order valence-electron chi connectivity index (χ0n) is 11.7. The van der Waals surface area contributed by atoms with Crippen LogP contribution in [0.4, 0.5) is 0 Å². The third-order valence-electron chi connectivity index (χ3n) is 3.62. The molecule has 0 spiro atoms. The molecule has 0 fully saturated rings. The van der Waals surface area contributed by atoms with Crippen LogP contribution in [0.25, 0.3) is 21.8 Å². The molecule has 0 atom stereocenters. The molecule has 0 aliphatic carbocycles. The van der Waals surface area contributed by atoms with Gasteiger partial charge in [-0.25, -0.2) is 4.98 Å². The maximum atomic E-state index is 4.69. The molecule has 0 radical (unpaired) electrons. The van der Waals surface area contributed by atoms with Gasteiger partial charge in [0, 0.05) is 10.2 Å². The van der Waals surface area contributed by atoms with Crippen molar-refractivity contribution < 1.29 is 0 Å². The van der Waals surface area contributed by atoms with Crippen molar-refractivity contribution in [2.75, 3.05) is 0 Å². The van der Waals surface area contributed by atoms with Gasteiger partial charge in [-0.05, 0) is 40.6 Å². The molecule has 3 aromatic carbocycles. The van der Waals surface area contributed by atoms with Crippen molar-refractivity contribution in [3.05, 3.63) is 70.7 Å². The topological polar surface area (TPSA) is 28.7 Å². The van der Waals surface area contributed by atoms with Crippen LogP contribution in [-0.4, -0.2) is 9.97 Å². The van der Waals surface area contributed by atoms with Crippen molar-refractivity contribution in [2.45, 2.75) is 10.9 Å². The van der Waals surface area contributed by atoms with Crippen molar-refractivity contribution in [1.29, 1.82) is 0 Å². The Kier molecular flexibility index (Phi) is 3.64. The lowest BCUT2D eigenvalue weighted by atomic mass is 10.1.